The number of carbonyl (C=O) groups excluding carboxylic acids is 2. The highest BCUT2D eigenvalue weighted by atomic mass is 35.5. The maximum atomic E-state index is 13.9. The van der Waals surface area contributed by atoms with Crippen molar-refractivity contribution in [2.24, 2.45) is 0 Å². The number of halogens is 3. The van der Waals surface area contributed by atoms with Crippen molar-refractivity contribution < 1.29 is 22.4 Å². The number of nitrogens with one attached hydrogen (secondary N) is 1. The van der Waals surface area contributed by atoms with Crippen LogP contribution in [0, 0.1) is 12.7 Å². The maximum Gasteiger partial charge on any atom is 0.264 e. The Kier molecular flexibility index (Phi) is 9.87. The summed E-state index contributed by atoms with van der Waals surface area (Å²) >= 11 is 12.8. The lowest BCUT2D eigenvalue weighted by Crippen LogP contribution is -2.54. The zero-order chi connectivity index (χ0) is 29.8. The molecule has 0 saturated heterocycles. The highest BCUT2D eigenvalue weighted by Gasteiger charge is 2.34. The zero-order valence-corrected chi connectivity index (χ0v) is 25.2. The van der Waals surface area contributed by atoms with Gasteiger partial charge in [-0.15, -0.1) is 0 Å². The van der Waals surface area contributed by atoms with Gasteiger partial charge in [0.2, 0.25) is 11.8 Å². The van der Waals surface area contributed by atoms with Crippen molar-refractivity contribution in [1.29, 1.82) is 0 Å². The number of sulfonamides is 1. The van der Waals surface area contributed by atoms with Crippen LogP contribution in [0.4, 0.5) is 10.1 Å². The second-order valence-electron chi connectivity index (χ2n) is 10.4. The van der Waals surface area contributed by atoms with Crippen LogP contribution < -0.4 is 9.62 Å². The van der Waals surface area contributed by atoms with Crippen molar-refractivity contribution >= 4 is 50.7 Å². The first kappa shape index (κ1) is 31.4. The Morgan fingerprint density at radius 2 is 1.50 bits per heavy atom. The van der Waals surface area contributed by atoms with Crippen LogP contribution >= 0.6 is 23.2 Å². The second kappa shape index (κ2) is 12.6. The summed E-state index contributed by atoms with van der Waals surface area (Å²) in [5, 5.41) is 3.43. The molecular formula is C29H32Cl2FN3O4S. The Bertz CT molecular complexity index is 1450. The number of nitrogens with zero attached hydrogens (tertiary/aromatic N) is 2. The molecule has 0 heterocycles. The van der Waals surface area contributed by atoms with E-state index < -0.39 is 45.8 Å². The van der Waals surface area contributed by atoms with Crippen LogP contribution in [-0.2, 0) is 26.2 Å². The van der Waals surface area contributed by atoms with Crippen molar-refractivity contribution in [3.05, 3.63) is 93.7 Å². The average Bonchev–Trinajstić information content (AvgIpc) is 2.86. The van der Waals surface area contributed by atoms with E-state index in [0.717, 1.165) is 22.0 Å². The Morgan fingerprint density at radius 3 is 2.02 bits per heavy atom. The van der Waals surface area contributed by atoms with Crippen molar-refractivity contribution in [1.82, 2.24) is 10.2 Å². The molecular weight excluding hydrogens is 576 g/mol. The average molecular weight is 609 g/mol. The van der Waals surface area contributed by atoms with E-state index in [1.165, 1.54) is 29.2 Å². The van der Waals surface area contributed by atoms with Crippen LogP contribution in [0.15, 0.2) is 71.6 Å². The first-order valence-electron chi connectivity index (χ1n) is 12.5. The van der Waals surface area contributed by atoms with Crippen LogP contribution in [0.3, 0.4) is 0 Å². The summed E-state index contributed by atoms with van der Waals surface area (Å²) in [6.45, 7) is 7.95. The van der Waals surface area contributed by atoms with Crippen LogP contribution in [0.25, 0.3) is 0 Å². The summed E-state index contributed by atoms with van der Waals surface area (Å²) in [6, 6.07) is 14.8. The fourth-order valence-corrected chi connectivity index (χ4v) is 5.82. The third-order valence-corrected chi connectivity index (χ3v) is 8.55. The summed E-state index contributed by atoms with van der Waals surface area (Å²) in [7, 11) is -4.27. The van der Waals surface area contributed by atoms with Gasteiger partial charge < -0.3 is 10.2 Å². The smallest absolute Gasteiger partial charge is 0.264 e. The summed E-state index contributed by atoms with van der Waals surface area (Å²) in [5.74, 6) is -1.70. The lowest BCUT2D eigenvalue weighted by Gasteiger charge is -2.33. The van der Waals surface area contributed by atoms with Gasteiger partial charge in [-0.1, -0.05) is 47.0 Å². The largest absolute Gasteiger partial charge is 0.350 e. The van der Waals surface area contributed by atoms with Crippen molar-refractivity contribution in [3.8, 4) is 0 Å². The number of amides is 2. The van der Waals surface area contributed by atoms with Crippen LogP contribution in [0.1, 0.15) is 38.8 Å². The summed E-state index contributed by atoms with van der Waals surface area (Å²) in [5.41, 5.74) is 0.754. The molecule has 214 valence electrons. The molecule has 1 N–H and O–H groups in total. The number of hydrogen-bond acceptors (Lipinski definition) is 4. The minimum absolute atomic E-state index is 0.0468. The first-order chi connectivity index (χ1) is 18.6. The molecule has 3 aromatic rings. The predicted octanol–water partition coefficient (Wildman–Crippen LogP) is 5.97. The summed E-state index contributed by atoms with van der Waals surface area (Å²) in [6.07, 6.45) is 0. The Labute approximate surface area is 244 Å². The molecule has 0 aliphatic heterocycles. The van der Waals surface area contributed by atoms with E-state index in [-0.39, 0.29) is 27.2 Å². The van der Waals surface area contributed by atoms with Gasteiger partial charge in [0.05, 0.1) is 10.6 Å². The Hall–Kier alpha value is -3.14. The SMILES string of the molecule is Cc1ccc(S(=O)(=O)N(CC(=O)N(Cc2c(Cl)cccc2Cl)[C@H](C)C(=O)NC(C)(C)C)c2ccc(F)cc2)cc1. The molecule has 2 amide bonds. The lowest BCUT2D eigenvalue weighted by molar-refractivity contribution is -0.140. The maximum absolute atomic E-state index is 13.9. The number of carbonyl (C=O) groups is 2. The molecule has 0 spiro atoms. The molecule has 0 aliphatic rings. The van der Waals surface area contributed by atoms with E-state index in [1.54, 1.807) is 58.0 Å². The molecule has 0 aliphatic carbocycles. The molecule has 3 rings (SSSR count). The van der Waals surface area contributed by atoms with Crippen molar-refractivity contribution in [2.75, 3.05) is 10.8 Å². The molecule has 40 heavy (non-hydrogen) atoms. The summed E-state index contributed by atoms with van der Waals surface area (Å²) in [4.78, 5) is 28.3. The van der Waals surface area contributed by atoms with Crippen LogP contribution in [0.5, 0.6) is 0 Å². The van der Waals surface area contributed by atoms with Gasteiger partial charge in [0.1, 0.15) is 18.4 Å². The van der Waals surface area contributed by atoms with Gasteiger partial charge in [-0.2, -0.15) is 0 Å². The van der Waals surface area contributed by atoms with E-state index in [0.29, 0.717) is 5.56 Å². The molecule has 11 heteroatoms. The predicted molar refractivity (Wildman–Crippen MR) is 156 cm³/mol. The molecule has 0 saturated carbocycles. The van der Waals surface area contributed by atoms with Gasteiger partial charge in [0, 0.05) is 27.7 Å². The number of anilines is 1. The number of rotatable bonds is 9. The number of hydrogen-bond donors (Lipinski definition) is 1. The van der Waals surface area contributed by atoms with Gasteiger partial charge in [-0.25, -0.2) is 12.8 Å². The van der Waals surface area contributed by atoms with Gasteiger partial charge in [-0.05, 0) is 83.1 Å². The minimum Gasteiger partial charge on any atom is -0.350 e. The molecule has 3 aromatic carbocycles. The monoisotopic (exact) mass is 607 g/mol. The molecule has 0 unspecified atom stereocenters. The molecule has 7 nitrogen and oxygen atoms in total. The highest BCUT2D eigenvalue weighted by Crippen LogP contribution is 2.28. The van der Waals surface area contributed by atoms with Crippen molar-refractivity contribution in [2.45, 2.75) is 57.6 Å². The third-order valence-electron chi connectivity index (χ3n) is 6.06. The van der Waals surface area contributed by atoms with E-state index in [1.807, 2.05) is 6.92 Å². The number of aryl methyl sites for hydroxylation is 1. The normalized spacial score (nSPS) is 12.5. The quantitative estimate of drug-likeness (QED) is 0.325. The van der Waals surface area contributed by atoms with Crippen molar-refractivity contribution in [3.63, 3.8) is 0 Å². The molecule has 0 fully saturated rings. The topological polar surface area (TPSA) is 86.8 Å². The van der Waals surface area contributed by atoms with Crippen LogP contribution in [0.2, 0.25) is 10.0 Å². The standard InChI is InChI=1S/C29H32Cl2FN3O4S/c1-19-9-15-23(16-10-19)40(38,39)35(22-13-11-21(32)12-14-22)18-27(36)34(20(2)28(37)33-29(3,4)5)17-24-25(30)7-6-8-26(24)31/h6-16,20H,17-18H2,1-5H3,(H,33,37)/t20-/m1/s1. The fourth-order valence-electron chi connectivity index (χ4n) is 3.88. The molecule has 0 bridgehead atoms. The lowest BCUT2D eigenvalue weighted by atomic mass is 10.1. The molecule has 1 atom stereocenters. The fraction of sp³-hybridized carbons (Fsp3) is 0.310. The third kappa shape index (κ3) is 7.74. The molecule has 0 aromatic heterocycles. The van der Waals surface area contributed by atoms with E-state index >= 15 is 0 Å². The Morgan fingerprint density at radius 1 is 0.950 bits per heavy atom. The van der Waals surface area contributed by atoms with E-state index in [9.17, 15) is 22.4 Å². The molecule has 0 radical (unpaired) electrons. The highest BCUT2D eigenvalue weighted by molar-refractivity contribution is 7.92. The Balaban J connectivity index is 2.07. The van der Waals surface area contributed by atoms with Gasteiger partial charge in [0.15, 0.2) is 0 Å². The van der Waals surface area contributed by atoms with E-state index in [2.05, 4.69) is 5.32 Å². The van der Waals surface area contributed by atoms with Gasteiger partial charge >= 0.3 is 0 Å². The first-order valence-corrected chi connectivity index (χ1v) is 14.7. The van der Waals surface area contributed by atoms with Gasteiger partial charge in [0.25, 0.3) is 10.0 Å². The van der Waals surface area contributed by atoms with E-state index in [4.69, 9.17) is 23.2 Å². The zero-order valence-electron chi connectivity index (χ0n) is 22.9. The second-order valence-corrected chi connectivity index (χ2v) is 13.1. The van der Waals surface area contributed by atoms with Crippen LogP contribution in [-0.4, -0.2) is 43.3 Å². The summed E-state index contributed by atoms with van der Waals surface area (Å²) < 4.78 is 42.2. The van der Waals surface area contributed by atoms with Gasteiger partial charge in [-0.3, -0.25) is 13.9 Å². The minimum atomic E-state index is -4.27. The number of benzene rings is 3.